The first-order valence-corrected chi connectivity index (χ1v) is 14.7. The van der Waals surface area contributed by atoms with Gasteiger partial charge >= 0.3 is 12.2 Å². The number of amides is 3. The van der Waals surface area contributed by atoms with Gasteiger partial charge in [0.25, 0.3) is 0 Å². The van der Waals surface area contributed by atoms with Crippen LogP contribution in [0.2, 0.25) is 0 Å². The molecule has 3 rings (SSSR count). The van der Waals surface area contributed by atoms with Gasteiger partial charge in [0, 0.05) is 18.7 Å². The fourth-order valence-electron chi connectivity index (χ4n) is 5.23. The van der Waals surface area contributed by atoms with E-state index < -0.39 is 35.8 Å². The standard InChI is InChI=1S/C32H45N3O4.CH2O3/c1-20(2)16-24-17-21(3)26(22(4)18-24)19-27(34-31(38)39-32(6,7)8)29(36)33-23(5)30(37)35-15-11-13-25-12-9-10-14-28(25)35;2-1(3)4/h9-10,12,14,17-18,20,23,27H,11,13,15-16,19H2,1-8H3,(H,33,36)(H,34,38);(H2,2,3,4)/t23-,27?;/m1./s1. The Morgan fingerprint density at radius 2 is 1.53 bits per heavy atom. The lowest BCUT2D eigenvalue weighted by atomic mass is 9.91. The molecule has 0 saturated heterocycles. The molecule has 0 aliphatic carbocycles. The molecule has 4 N–H and O–H groups in total. The van der Waals surface area contributed by atoms with E-state index in [1.807, 2.05) is 38.1 Å². The maximum Gasteiger partial charge on any atom is 0.503 e. The topological polar surface area (TPSA) is 145 Å². The molecule has 3 amide bonds. The molecule has 1 aliphatic heterocycles. The second-order valence-corrected chi connectivity index (χ2v) is 12.4. The number of carbonyl (C=O) groups excluding carboxylic acids is 3. The summed E-state index contributed by atoms with van der Waals surface area (Å²) in [6, 6.07) is 10.5. The van der Waals surface area contributed by atoms with Gasteiger partial charge in [-0.2, -0.15) is 0 Å². The first-order valence-electron chi connectivity index (χ1n) is 14.7. The smallest absolute Gasteiger partial charge is 0.450 e. The van der Waals surface area contributed by atoms with Crippen LogP contribution in [-0.4, -0.2) is 58.5 Å². The second-order valence-electron chi connectivity index (χ2n) is 12.4. The number of hydrogen-bond acceptors (Lipinski definition) is 5. The normalized spacial score (nSPS) is 14.0. The van der Waals surface area contributed by atoms with Crippen LogP contribution in [0.15, 0.2) is 36.4 Å². The summed E-state index contributed by atoms with van der Waals surface area (Å²) in [7, 11) is 0. The van der Waals surface area contributed by atoms with Gasteiger partial charge in [-0.05, 0) is 101 Å². The van der Waals surface area contributed by atoms with Crippen molar-refractivity contribution in [1.82, 2.24) is 10.6 Å². The van der Waals surface area contributed by atoms with E-state index in [1.165, 1.54) is 5.56 Å². The van der Waals surface area contributed by atoms with Crippen molar-refractivity contribution in [3.63, 3.8) is 0 Å². The average molecular weight is 598 g/mol. The minimum Gasteiger partial charge on any atom is -0.450 e. The average Bonchev–Trinajstić information content (AvgIpc) is 2.87. The Bertz CT molecular complexity index is 1270. The minimum atomic E-state index is -1.83. The summed E-state index contributed by atoms with van der Waals surface area (Å²) >= 11 is 0. The first-order chi connectivity index (χ1) is 20.0. The van der Waals surface area contributed by atoms with Crippen LogP contribution in [0.3, 0.4) is 0 Å². The summed E-state index contributed by atoms with van der Waals surface area (Å²) in [6.07, 6.45) is 0.562. The maximum atomic E-state index is 13.6. The minimum absolute atomic E-state index is 0.170. The molecular weight excluding hydrogens is 550 g/mol. The highest BCUT2D eigenvalue weighted by atomic mass is 16.6. The number of fused-ring (bicyclic) bond motifs is 1. The maximum absolute atomic E-state index is 13.6. The second kappa shape index (κ2) is 15.4. The lowest BCUT2D eigenvalue weighted by Crippen LogP contribution is -2.55. The third-order valence-corrected chi connectivity index (χ3v) is 6.92. The quantitative estimate of drug-likeness (QED) is 0.308. The molecule has 2 aromatic rings. The summed E-state index contributed by atoms with van der Waals surface area (Å²) in [5.41, 5.74) is 5.72. The Balaban J connectivity index is 0.00000151. The van der Waals surface area contributed by atoms with Crippen molar-refractivity contribution in [3.8, 4) is 0 Å². The number of rotatable bonds is 8. The highest BCUT2D eigenvalue weighted by Gasteiger charge is 2.31. The van der Waals surface area contributed by atoms with E-state index in [2.05, 4.69) is 36.6 Å². The summed E-state index contributed by atoms with van der Waals surface area (Å²) in [4.78, 5) is 50.0. The number of anilines is 1. The van der Waals surface area contributed by atoms with Gasteiger partial charge in [0.2, 0.25) is 11.8 Å². The molecule has 0 radical (unpaired) electrons. The van der Waals surface area contributed by atoms with E-state index in [-0.39, 0.29) is 12.3 Å². The molecule has 43 heavy (non-hydrogen) atoms. The Morgan fingerprint density at radius 3 is 2.09 bits per heavy atom. The third-order valence-electron chi connectivity index (χ3n) is 6.92. The molecule has 1 unspecified atom stereocenters. The first kappa shape index (κ1) is 35.1. The number of hydrogen-bond donors (Lipinski definition) is 4. The summed E-state index contributed by atoms with van der Waals surface area (Å²) in [5, 5.41) is 19.6. The van der Waals surface area contributed by atoms with Crippen LogP contribution < -0.4 is 15.5 Å². The van der Waals surface area contributed by atoms with Crippen molar-refractivity contribution < 1.29 is 34.1 Å². The molecule has 0 bridgehead atoms. The molecule has 10 nitrogen and oxygen atoms in total. The Morgan fingerprint density at radius 1 is 0.953 bits per heavy atom. The predicted molar refractivity (Wildman–Crippen MR) is 167 cm³/mol. The zero-order valence-electron chi connectivity index (χ0n) is 26.6. The number of para-hydroxylation sites is 1. The van der Waals surface area contributed by atoms with Crippen LogP contribution >= 0.6 is 0 Å². The SMILES string of the molecule is Cc1cc(CC(C)C)cc(C)c1CC(NC(=O)OC(C)(C)C)C(=O)N[C@H](C)C(=O)N1CCCc2ccccc21.O=C(O)O. The van der Waals surface area contributed by atoms with Crippen LogP contribution in [0.5, 0.6) is 0 Å². The van der Waals surface area contributed by atoms with E-state index in [1.54, 1.807) is 32.6 Å². The predicted octanol–water partition coefficient (Wildman–Crippen LogP) is 5.64. The van der Waals surface area contributed by atoms with E-state index in [0.29, 0.717) is 12.5 Å². The number of nitrogens with one attached hydrogen (secondary N) is 2. The van der Waals surface area contributed by atoms with Crippen LogP contribution in [-0.2, 0) is 33.6 Å². The summed E-state index contributed by atoms with van der Waals surface area (Å²) < 4.78 is 5.46. The molecular formula is C33H47N3O7. The summed E-state index contributed by atoms with van der Waals surface area (Å²) in [6.45, 7) is 16.1. The molecule has 1 aliphatic rings. The van der Waals surface area contributed by atoms with E-state index >= 15 is 0 Å². The monoisotopic (exact) mass is 597 g/mol. The van der Waals surface area contributed by atoms with Crippen LogP contribution in [0.4, 0.5) is 15.3 Å². The molecule has 0 spiro atoms. The number of ether oxygens (including phenoxy) is 1. The van der Waals surface area contributed by atoms with Crippen LogP contribution in [0.25, 0.3) is 0 Å². The van der Waals surface area contributed by atoms with Crippen molar-refractivity contribution in [2.75, 3.05) is 11.4 Å². The van der Waals surface area contributed by atoms with E-state index in [0.717, 1.165) is 47.2 Å². The Hall–Kier alpha value is -4.08. The van der Waals surface area contributed by atoms with E-state index in [4.69, 9.17) is 19.7 Å². The highest BCUT2D eigenvalue weighted by Crippen LogP contribution is 2.27. The van der Waals surface area contributed by atoms with Gasteiger partial charge < -0.3 is 30.5 Å². The van der Waals surface area contributed by atoms with Crippen molar-refractivity contribution in [3.05, 3.63) is 64.2 Å². The Labute approximate surface area is 254 Å². The number of carboxylic acid groups (broad SMARTS) is 2. The molecule has 0 fully saturated rings. The van der Waals surface area contributed by atoms with E-state index in [9.17, 15) is 14.4 Å². The van der Waals surface area contributed by atoms with Gasteiger partial charge in [-0.3, -0.25) is 9.59 Å². The number of nitrogens with zero attached hydrogens (tertiary/aromatic N) is 1. The number of aryl methyl sites for hydroxylation is 3. The zero-order valence-corrected chi connectivity index (χ0v) is 26.6. The van der Waals surface area contributed by atoms with Gasteiger partial charge in [0.15, 0.2) is 0 Å². The lowest BCUT2D eigenvalue weighted by molar-refractivity contribution is -0.128. The summed E-state index contributed by atoms with van der Waals surface area (Å²) in [5.74, 6) is -0.0538. The fourth-order valence-corrected chi connectivity index (χ4v) is 5.23. The van der Waals surface area contributed by atoms with Crippen molar-refractivity contribution in [1.29, 1.82) is 0 Å². The lowest BCUT2D eigenvalue weighted by Gasteiger charge is -2.32. The third kappa shape index (κ3) is 11.3. The number of carbonyl (C=O) groups is 4. The zero-order chi connectivity index (χ0) is 32.5. The molecule has 10 heteroatoms. The van der Waals surface area contributed by atoms with Crippen molar-refractivity contribution in [2.24, 2.45) is 5.92 Å². The number of benzene rings is 2. The van der Waals surface area contributed by atoms with Crippen molar-refractivity contribution in [2.45, 2.75) is 98.8 Å². The number of alkyl carbamates (subject to hydrolysis) is 1. The van der Waals surface area contributed by atoms with Gasteiger partial charge in [-0.15, -0.1) is 0 Å². The van der Waals surface area contributed by atoms with Crippen LogP contribution in [0, 0.1) is 19.8 Å². The van der Waals surface area contributed by atoms with Gasteiger partial charge in [-0.1, -0.05) is 44.2 Å². The van der Waals surface area contributed by atoms with Gasteiger partial charge in [0.05, 0.1) is 0 Å². The molecule has 2 atom stereocenters. The largest absolute Gasteiger partial charge is 0.503 e. The van der Waals surface area contributed by atoms with Crippen LogP contribution in [0.1, 0.15) is 75.8 Å². The van der Waals surface area contributed by atoms with Crippen molar-refractivity contribution >= 4 is 29.8 Å². The molecule has 2 aromatic carbocycles. The molecule has 0 saturated carbocycles. The molecule has 1 heterocycles. The molecule has 0 aromatic heterocycles. The van der Waals surface area contributed by atoms with Gasteiger partial charge in [0.1, 0.15) is 17.7 Å². The molecule has 236 valence electrons. The fraction of sp³-hybridized carbons (Fsp3) is 0.515. The Kier molecular flexibility index (Phi) is 12.6. The van der Waals surface area contributed by atoms with Gasteiger partial charge in [-0.25, -0.2) is 9.59 Å². The highest BCUT2D eigenvalue weighted by molar-refractivity contribution is 6.00.